The number of hydrogen-bond donors (Lipinski definition) is 0. The average Bonchev–Trinajstić information content (AvgIpc) is 2.39. The lowest BCUT2D eigenvalue weighted by molar-refractivity contribution is 0.305. The summed E-state index contributed by atoms with van der Waals surface area (Å²) in [7, 11) is 1.58. The van der Waals surface area contributed by atoms with Crippen LogP contribution in [0, 0.1) is 5.82 Å². The van der Waals surface area contributed by atoms with Crippen molar-refractivity contribution in [1.29, 1.82) is 0 Å². The van der Waals surface area contributed by atoms with Crippen LogP contribution in [0.4, 0.5) is 4.39 Å². The first-order valence-corrected chi connectivity index (χ1v) is 5.69. The van der Waals surface area contributed by atoms with Crippen molar-refractivity contribution in [2.45, 2.75) is 6.92 Å². The van der Waals surface area contributed by atoms with E-state index in [9.17, 15) is 4.39 Å². The molecule has 0 spiro atoms. The Hall–Kier alpha value is -2.09. The van der Waals surface area contributed by atoms with Crippen LogP contribution < -0.4 is 0 Å². The van der Waals surface area contributed by atoms with E-state index in [-0.39, 0.29) is 5.82 Å². The van der Waals surface area contributed by atoms with Gasteiger partial charge in [0.05, 0.1) is 7.11 Å². The second-order valence-corrected chi connectivity index (χ2v) is 3.58. The van der Waals surface area contributed by atoms with Gasteiger partial charge in [0.15, 0.2) is 0 Å². The van der Waals surface area contributed by atoms with Gasteiger partial charge in [0, 0.05) is 11.1 Å². The predicted octanol–water partition coefficient (Wildman–Crippen LogP) is 4.50. The summed E-state index contributed by atoms with van der Waals surface area (Å²) >= 11 is 0. The van der Waals surface area contributed by atoms with E-state index >= 15 is 0 Å². The maximum absolute atomic E-state index is 13.5. The number of hydrogen-bond acceptors (Lipinski definition) is 1. The molecule has 1 rings (SSSR count). The Bertz CT molecular complexity index is 496. The highest BCUT2D eigenvalue weighted by Gasteiger charge is 1.99. The molecule has 0 unspecified atom stereocenters. The van der Waals surface area contributed by atoms with Gasteiger partial charge in [-0.2, -0.15) is 0 Å². The third-order valence-electron chi connectivity index (χ3n) is 2.38. The molecule has 0 bridgehead atoms. The molecule has 2 heteroatoms. The molecule has 0 saturated carbocycles. The SMILES string of the molecule is C=C/C(OC)=C(\C=C/C)/C=C/c1ccccc1F. The molecule has 0 aromatic heterocycles. The van der Waals surface area contributed by atoms with Crippen molar-refractivity contribution in [3.63, 3.8) is 0 Å². The summed E-state index contributed by atoms with van der Waals surface area (Å²) in [5, 5.41) is 0. The Morgan fingerprint density at radius 1 is 1.28 bits per heavy atom. The first kappa shape index (κ1) is 14.0. The van der Waals surface area contributed by atoms with Crippen LogP contribution in [0.25, 0.3) is 6.08 Å². The van der Waals surface area contributed by atoms with Crippen molar-refractivity contribution in [3.8, 4) is 0 Å². The van der Waals surface area contributed by atoms with E-state index in [0.29, 0.717) is 11.3 Å². The van der Waals surface area contributed by atoms with Crippen molar-refractivity contribution < 1.29 is 9.13 Å². The van der Waals surface area contributed by atoms with E-state index in [1.165, 1.54) is 6.07 Å². The molecule has 0 aliphatic carbocycles. The van der Waals surface area contributed by atoms with Gasteiger partial charge in [0.25, 0.3) is 0 Å². The molecule has 0 heterocycles. The number of methoxy groups -OCH3 is 1. The predicted molar refractivity (Wildman–Crippen MR) is 74.5 cm³/mol. The van der Waals surface area contributed by atoms with Gasteiger partial charge in [0.1, 0.15) is 11.6 Å². The average molecular weight is 244 g/mol. The first-order chi connectivity index (χ1) is 8.72. The third-order valence-corrected chi connectivity index (χ3v) is 2.38. The van der Waals surface area contributed by atoms with E-state index in [0.717, 1.165) is 5.57 Å². The quantitative estimate of drug-likeness (QED) is 0.547. The standard InChI is InChI=1S/C16H17FO/c1-4-8-14(16(5-2)18-3)12-11-13-9-6-7-10-15(13)17/h4-12H,2H2,1,3H3/b8-4-,12-11+,16-14-. The summed E-state index contributed by atoms with van der Waals surface area (Å²) in [6, 6.07) is 6.62. The van der Waals surface area contributed by atoms with Gasteiger partial charge in [-0.05, 0) is 19.1 Å². The molecular weight excluding hydrogens is 227 g/mol. The first-order valence-electron chi connectivity index (χ1n) is 5.69. The van der Waals surface area contributed by atoms with Crippen LogP contribution in [0.1, 0.15) is 12.5 Å². The summed E-state index contributed by atoms with van der Waals surface area (Å²) in [4.78, 5) is 0. The summed E-state index contributed by atoms with van der Waals surface area (Å²) in [5.74, 6) is 0.409. The minimum Gasteiger partial charge on any atom is -0.496 e. The second-order valence-electron chi connectivity index (χ2n) is 3.58. The van der Waals surface area contributed by atoms with Crippen molar-refractivity contribution in [2.75, 3.05) is 7.11 Å². The van der Waals surface area contributed by atoms with E-state index in [1.807, 2.05) is 19.1 Å². The monoisotopic (exact) mass is 244 g/mol. The lowest BCUT2D eigenvalue weighted by Gasteiger charge is -2.04. The van der Waals surface area contributed by atoms with Gasteiger partial charge in [-0.1, -0.05) is 49.1 Å². The maximum Gasteiger partial charge on any atom is 0.130 e. The van der Waals surface area contributed by atoms with Crippen molar-refractivity contribution >= 4 is 6.08 Å². The Morgan fingerprint density at radius 2 is 2.00 bits per heavy atom. The second kappa shape index (κ2) is 7.28. The van der Waals surface area contributed by atoms with Gasteiger partial charge in [-0.15, -0.1) is 0 Å². The maximum atomic E-state index is 13.5. The highest BCUT2D eigenvalue weighted by molar-refractivity contribution is 5.56. The van der Waals surface area contributed by atoms with E-state index in [1.54, 1.807) is 43.5 Å². The number of allylic oxidation sites excluding steroid dienone is 5. The third kappa shape index (κ3) is 3.74. The van der Waals surface area contributed by atoms with Crippen LogP contribution in [0.3, 0.4) is 0 Å². The minimum absolute atomic E-state index is 0.244. The normalized spacial score (nSPS) is 12.8. The molecule has 0 fully saturated rings. The fraction of sp³-hybridized carbons (Fsp3) is 0.125. The van der Waals surface area contributed by atoms with Crippen LogP contribution >= 0.6 is 0 Å². The molecule has 0 radical (unpaired) electrons. The number of ether oxygens (including phenoxy) is 1. The van der Waals surface area contributed by atoms with Crippen LogP contribution in [-0.2, 0) is 4.74 Å². The molecule has 0 atom stereocenters. The highest BCUT2D eigenvalue weighted by Crippen LogP contribution is 2.14. The molecular formula is C16H17FO. The topological polar surface area (TPSA) is 9.23 Å². The van der Waals surface area contributed by atoms with Gasteiger partial charge in [-0.3, -0.25) is 0 Å². The number of halogens is 1. The molecule has 1 aromatic carbocycles. The Balaban J connectivity index is 3.09. The van der Waals surface area contributed by atoms with Gasteiger partial charge < -0.3 is 4.74 Å². The molecule has 1 aromatic rings. The zero-order valence-electron chi connectivity index (χ0n) is 10.7. The van der Waals surface area contributed by atoms with Gasteiger partial charge in [-0.25, -0.2) is 4.39 Å². The lowest BCUT2D eigenvalue weighted by Crippen LogP contribution is -1.87. The molecule has 1 nitrogen and oxygen atoms in total. The Morgan fingerprint density at radius 3 is 2.56 bits per heavy atom. The number of rotatable bonds is 5. The van der Waals surface area contributed by atoms with Crippen LogP contribution in [0.15, 0.2) is 66.5 Å². The highest BCUT2D eigenvalue weighted by atomic mass is 19.1. The molecule has 0 aliphatic rings. The molecule has 0 saturated heterocycles. The van der Waals surface area contributed by atoms with Crippen LogP contribution in [0.2, 0.25) is 0 Å². The molecule has 0 aliphatic heterocycles. The largest absolute Gasteiger partial charge is 0.496 e. The van der Waals surface area contributed by atoms with Crippen LogP contribution in [-0.4, -0.2) is 7.11 Å². The fourth-order valence-electron chi connectivity index (χ4n) is 1.51. The van der Waals surface area contributed by atoms with E-state index < -0.39 is 0 Å². The molecule has 18 heavy (non-hydrogen) atoms. The summed E-state index contributed by atoms with van der Waals surface area (Å²) < 4.78 is 18.7. The summed E-state index contributed by atoms with van der Waals surface area (Å²) in [5.41, 5.74) is 1.39. The van der Waals surface area contributed by atoms with Crippen molar-refractivity contribution in [3.05, 3.63) is 77.9 Å². The van der Waals surface area contributed by atoms with Crippen molar-refractivity contribution in [2.24, 2.45) is 0 Å². The van der Waals surface area contributed by atoms with Crippen molar-refractivity contribution in [1.82, 2.24) is 0 Å². The van der Waals surface area contributed by atoms with E-state index in [2.05, 4.69) is 6.58 Å². The van der Waals surface area contributed by atoms with E-state index in [4.69, 9.17) is 4.74 Å². The molecule has 94 valence electrons. The Kier molecular flexibility index (Phi) is 5.65. The van der Waals surface area contributed by atoms with Gasteiger partial charge in [0.2, 0.25) is 0 Å². The van der Waals surface area contributed by atoms with Gasteiger partial charge >= 0.3 is 0 Å². The van der Waals surface area contributed by atoms with Crippen LogP contribution in [0.5, 0.6) is 0 Å². The summed E-state index contributed by atoms with van der Waals surface area (Å²) in [6.45, 7) is 5.59. The molecule has 0 amide bonds. The zero-order chi connectivity index (χ0) is 13.4. The minimum atomic E-state index is -0.244. The fourth-order valence-corrected chi connectivity index (χ4v) is 1.51. The zero-order valence-corrected chi connectivity index (χ0v) is 10.7. The number of benzene rings is 1. The smallest absolute Gasteiger partial charge is 0.130 e. The molecule has 0 N–H and O–H groups in total. The summed E-state index contributed by atoms with van der Waals surface area (Å²) in [6.07, 6.45) is 8.93. The Labute approximate surface area is 108 Å². The lowest BCUT2D eigenvalue weighted by atomic mass is 10.1.